The van der Waals surface area contributed by atoms with Crippen molar-refractivity contribution in [1.82, 2.24) is 9.97 Å². The molecule has 0 aliphatic carbocycles. The Morgan fingerprint density at radius 3 is 2.58 bits per heavy atom. The zero-order chi connectivity index (χ0) is 13.8. The van der Waals surface area contributed by atoms with E-state index in [2.05, 4.69) is 16.0 Å². The van der Waals surface area contributed by atoms with Crippen molar-refractivity contribution in [2.75, 3.05) is 7.11 Å². The molecule has 0 spiro atoms. The third-order valence-corrected chi connectivity index (χ3v) is 2.50. The highest BCUT2D eigenvalue weighted by Crippen LogP contribution is 2.25. The Kier molecular flexibility index (Phi) is 3.39. The molecule has 0 saturated heterocycles. The van der Waals surface area contributed by atoms with Gasteiger partial charge in [0, 0.05) is 23.5 Å². The number of benzene rings is 1. The van der Waals surface area contributed by atoms with Crippen molar-refractivity contribution >= 4 is 5.97 Å². The van der Waals surface area contributed by atoms with Gasteiger partial charge in [-0.3, -0.25) is 0 Å². The van der Waals surface area contributed by atoms with E-state index >= 15 is 0 Å². The van der Waals surface area contributed by atoms with Gasteiger partial charge in [-0.05, 0) is 18.2 Å². The third-order valence-electron chi connectivity index (χ3n) is 2.50. The van der Waals surface area contributed by atoms with E-state index in [1.807, 2.05) is 0 Å². The van der Waals surface area contributed by atoms with Crippen molar-refractivity contribution in [2.45, 2.75) is 0 Å². The van der Waals surface area contributed by atoms with E-state index in [1.54, 1.807) is 18.2 Å². The summed E-state index contributed by atoms with van der Waals surface area (Å²) >= 11 is 0. The molecule has 6 nitrogen and oxygen atoms in total. The van der Waals surface area contributed by atoms with Crippen molar-refractivity contribution in [1.29, 1.82) is 5.26 Å². The quantitative estimate of drug-likeness (QED) is 0.897. The van der Waals surface area contributed by atoms with Gasteiger partial charge >= 0.3 is 5.97 Å². The van der Waals surface area contributed by atoms with Gasteiger partial charge in [0.05, 0.1) is 18.7 Å². The number of aromatic carboxylic acids is 1. The van der Waals surface area contributed by atoms with E-state index in [-0.39, 0.29) is 5.82 Å². The molecular formula is C13H9N3O3. The molecule has 0 aliphatic heterocycles. The lowest BCUT2D eigenvalue weighted by Crippen LogP contribution is -2.03. The van der Waals surface area contributed by atoms with Crippen LogP contribution >= 0.6 is 0 Å². The van der Waals surface area contributed by atoms with Crippen LogP contribution in [0.15, 0.2) is 30.6 Å². The molecule has 1 N–H and O–H groups in total. The number of carboxylic acids is 1. The molecular weight excluding hydrogens is 246 g/mol. The standard InChI is InChI=1S/C13H9N3O3/c1-19-10-2-3-11(8(4-10)5-14)9-6-15-12(13(17)18)16-7-9/h2-4,6-7H,1H3,(H,17,18). The van der Waals surface area contributed by atoms with Crippen molar-refractivity contribution in [2.24, 2.45) is 0 Å². The summed E-state index contributed by atoms with van der Waals surface area (Å²) in [6, 6.07) is 7.07. The van der Waals surface area contributed by atoms with Crippen LogP contribution in [0.4, 0.5) is 0 Å². The normalized spacial score (nSPS) is 9.68. The van der Waals surface area contributed by atoms with Gasteiger partial charge in [0.1, 0.15) is 5.75 Å². The Hall–Kier alpha value is -2.94. The van der Waals surface area contributed by atoms with E-state index in [0.717, 1.165) is 0 Å². The Morgan fingerprint density at radius 1 is 1.37 bits per heavy atom. The molecule has 6 heteroatoms. The van der Waals surface area contributed by atoms with Crippen LogP contribution in [0.5, 0.6) is 5.75 Å². The van der Waals surface area contributed by atoms with Crippen molar-refractivity contribution in [3.63, 3.8) is 0 Å². The predicted molar refractivity (Wildman–Crippen MR) is 65.7 cm³/mol. The largest absolute Gasteiger partial charge is 0.497 e. The first-order chi connectivity index (χ1) is 9.15. The lowest BCUT2D eigenvalue weighted by Gasteiger charge is -2.06. The lowest BCUT2D eigenvalue weighted by molar-refractivity contribution is 0.0683. The zero-order valence-electron chi connectivity index (χ0n) is 9.99. The van der Waals surface area contributed by atoms with Crippen LogP contribution in [0.2, 0.25) is 0 Å². The van der Waals surface area contributed by atoms with Crippen molar-refractivity contribution in [3.05, 3.63) is 42.0 Å². The highest BCUT2D eigenvalue weighted by molar-refractivity contribution is 5.83. The number of nitrogens with zero attached hydrogens (tertiary/aromatic N) is 3. The number of aromatic nitrogens is 2. The topological polar surface area (TPSA) is 96.1 Å². The number of nitriles is 1. The molecule has 0 atom stereocenters. The predicted octanol–water partition coefficient (Wildman–Crippen LogP) is 1.72. The van der Waals surface area contributed by atoms with Gasteiger partial charge in [-0.15, -0.1) is 0 Å². The average molecular weight is 255 g/mol. The second-order valence-corrected chi connectivity index (χ2v) is 3.62. The number of ether oxygens (including phenoxy) is 1. The van der Waals surface area contributed by atoms with Gasteiger partial charge < -0.3 is 9.84 Å². The molecule has 0 aliphatic rings. The van der Waals surface area contributed by atoms with Crippen LogP contribution in [0, 0.1) is 11.3 Å². The lowest BCUT2D eigenvalue weighted by atomic mass is 10.0. The Labute approximate surface area is 108 Å². The molecule has 19 heavy (non-hydrogen) atoms. The molecule has 1 aromatic heterocycles. The monoisotopic (exact) mass is 255 g/mol. The molecule has 0 radical (unpaired) electrons. The van der Waals surface area contributed by atoms with Gasteiger partial charge in [0.2, 0.25) is 5.82 Å². The summed E-state index contributed by atoms with van der Waals surface area (Å²) in [6.07, 6.45) is 2.75. The first kappa shape index (κ1) is 12.5. The Bertz CT molecular complexity index is 660. The maximum Gasteiger partial charge on any atom is 0.373 e. The van der Waals surface area contributed by atoms with Crippen LogP contribution in [0.3, 0.4) is 0 Å². The molecule has 2 aromatic rings. The Balaban J connectivity index is 2.47. The molecule has 0 amide bonds. The molecule has 0 unspecified atom stereocenters. The number of hydrogen-bond acceptors (Lipinski definition) is 5. The summed E-state index contributed by atoms with van der Waals surface area (Å²) in [7, 11) is 1.51. The van der Waals surface area contributed by atoms with Crippen LogP contribution < -0.4 is 4.74 Å². The molecule has 94 valence electrons. The average Bonchev–Trinajstić information content (AvgIpc) is 2.46. The van der Waals surface area contributed by atoms with Crippen molar-refractivity contribution < 1.29 is 14.6 Å². The first-order valence-electron chi connectivity index (χ1n) is 5.29. The van der Waals surface area contributed by atoms with Crippen LogP contribution in [0.25, 0.3) is 11.1 Å². The highest BCUT2D eigenvalue weighted by atomic mass is 16.5. The van der Waals surface area contributed by atoms with E-state index in [0.29, 0.717) is 22.4 Å². The SMILES string of the molecule is COc1ccc(-c2cnc(C(=O)O)nc2)c(C#N)c1. The molecule has 0 bridgehead atoms. The fourth-order valence-electron chi connectivity index (χ4n) is 1.57. The fraction of sp³-hybridized carbons (Fsp3) is 0.0769. The number of carbonyl (C=O) groups is 1. The van der Waals surface area contributed by atoms with Gasteiger partial charge in [-0.1, -0.05) is 0 Å². The van der Waals surface area contributed by atoms with Gasteiger partial charge in [0.15, 0.2) is 0 Å². The van der Waals surface area contributed by atoms with E-state index < -0.39 is 5.97 Å². The third kappa shape index (κ3) is 2.50. The second kappa shape index (κ2) is 5.14. The van der Waals surface area contributed by atoms with Crippen LogP contribution in [-0.4, -0.2) is 28.2 Å². The molecule has 1 aromatic carbocycles. The van der Waals surface area contributed by atoms with Crippen LogP contribution in [0.1, 0.15) is 16.2 Å². The summed E-state index contributed by atoms with van der Waals surface area (Å²) in [6.45, 7) is 0. The highest BCUT2D eigenvalue weighted by Gasteiger charge is 2.10. The molecule has 0 saturated carbocycles. The summed E-state index contributed by atoms with van der Waals surface area (Å²) in [5.74, 6) is -0.902. The van der Waals surface area contributed by atoms with Gasteiger partial charge in [-0.2, -0.15) is 5.26 Å². The summed E-state index contributed by atoms with van der Waals surface area (Å²) in [4.78, 5) is 18.1. The van der Waals surface area contributed by atoms with Crippen molar-refractivity contribution in [3.8, 4) is 22.9 Å². The number of methoxy groups -OCH3 is 1. The first-order valence-corrected chi connectivity index (χ1v) is 5.29. The van der Waals surface area contributed by atoms with E-state index in [4.69, 9.17) is 15.1 Å². The summed E-state index contributed by atoms with van der Waals surface area (Å²) < 4.78 is 5.04. The second-order valence-electron chi connectivity index (χ2n) is 3.62. The summed E-state index contributed by atoms with van der Waals surface area (Å²) in [5.41, 5.74) is 1.61. The number of hydrogen-bond donors (Lipinski definition) is 1. The van der Waals surface area contributed by atoms with Gasteiger partial charge in [0.25, 0.3) is 0 Å². The minimum Gasteiger partial charge on any atom is -0.497 e. The minimum atomic E-state index is -1.19. The zero-order valence-corrected chi connectivity index (χ0v) is 9.99. The maximum absolute atomic E-state index is 10.7. The van der Waals surface area contributed by atoms with Gasteiger partial charge in [-0.25, -0.2) is 14.8 Å². The van der Waals surface area contributed by atoms with E-state index in [1.165, 1.54) is 19.5 Å². The van der Waals surface area contributed by atoms with Crippen LogP contribution in [-0.2, 0) is 0 Å². The number of rotatable bonds is 3. The molecule has 0 fully saturated rings. The Morgan fingerprint density at radius 2 is 2.05 bits per heavy atom. The fourth-order valence-corrected chi connectivity index (χ4v) is 1.57. The van der Waals surface area contributed by atoms with E-state index in [9.17, 15) is 4.79 Å². The maximum atomic E-state index is 10.7. The molecule has 1 heterocycles. The summed E-state index contributed by atoms with van der Waals surface area (Å²) in [5, 5.41) is 17.8. The smallest absolute Gasteiger partial charge is 0.373 e. The minimum absolute atomic E-state index is 0.282. The number of carboxylic acid groups (broad SMARTS) is 1. The molecule has 2 rings (SSSR count).